The van der Waals surface area contributed by atoms with E-state index in [0.29, 0.717) is 0 Å². The summed E-state index contributed by atoms with van der Waals surface area (Å²) in [5.74, 6) is 1.54. The second-order valence-electron chi connectivity index (χ2n) is 4.90. The summed E-state index contributed by atoms with van der Waals surface area (Å²) in [7, 11) is 0. The Balaban J connectivity index is 1.90. The van der Waals surface area contributed by atoms with E-state index < -0.39 is 0 Å². The fourth-order valence-corrected chi connectivity index (χ4v) is 2.97. The molecule has 14 heavy (non-hydrogen) atoms. The van der Waals surface area contributed by atoms with Gasteiger partial charge in [0.1, 0.15) is 0 Å². The van der Waals surface area contributed by atoms with Crippen LogP contribution in [0.1, 0.15) is 44.9 Å². The summed E-state index contributed by atoms with van der Waals surface area (Å²) in [6.45, 7) is 4.21. The molecular formula is C13H21O. The summed E-state index contributed by atoms with van der Waals surface area (Å²) in [4.78, 5) is 0. The van der Waals surface area contributed by atoms with Crippen molar-refractivity contribution >= 4 is 0 Å². The lowest BCUT2D eigenvalue weighted by atomic mass is 9.71. The summed E-state index contributed by atoms with van der Waals surface area (Å²) in [5, 5.41) is 9.46. The molecule has 0 aliphatic heterocycles. The van der Waals surface area contributed by atoms with Gasteiger partial charge in [0.25, 0.3) is 0 Å². The maximum absolute atomic E-state index is 9.46. The molecule has 0 aromatic heterocycles. The molecular weight excluding hydrogens is 172 g/mol. The number of rotatable bonds is 1. The molecule has 79 valence electrons. The molecule has 0 amide bonds. The van der Waals surface area contributed by atoms with Crippen LogP contribution in [0, 0.1) is 18.3 Å². The maximum atomic E-state index is 9.46. The summed E-state index contributed by atoms with van der Waals surface area (Å²) >= 11 is 0. The van der Waals surface area contributed by atoms with E-state index in [1.165, 1.54) is 37.7 Å². The van der Waals surface area contributed by atoms with Gasteiger partial charge in [-0.15, -0.1) is 0 Å². The van der Waals surface area contributed by atoms with Gasteiger partial charge in [-0.25, -0.2) is 0 Å². The number of aliphatic hydroxyl groups is 1. The van der Waals surface area contributed by atoms with Gasteiger partial charge in [0, 0.05) is 0 Å². The molecule has 2 saturated carbocycles. The van der Waals surface area contributed by atoms with E-state index in [1.807, 2.05) is 0 Å². The highest BCUT2D eigenvalue weighted by Gasteiger charge is 2.29. The van der Waals surface area contributed by atoms with Crippen molar-refractivity contribution in [2.45, 2.75) is 51.0 Å². The first-order valence-electron chi connectivity index (χ1n) is 5.95. The fraction of sp³-hybridized carbons (Fsp3) is 0.769. The van der Waals surface area contributed by atoms with E-state index in [4.69, 9.17) is 0 Å². The number of hydrogen-bond donors (Lipinski definition) is 1. The van der Waals surface area contributed by atoms with Crippen molar-refractivity contribution in [1.82, 2.24) is 0 Å². The molecule has 1 atom stereocenters. The van der Waals surface area contributed by atoms with Gasteiger partial charge in [-0.05, 0) is 63.2 Å². The van der Waals surface area contributed by atoms with Crippen molar-refractivity contribution in [3.8, 4) is 0 Å². The highest BCUT2D eigenvalue weighted by atomic mass is 16.3. The van der Waals surface area contributed by atoms with Crippen LogP contribution in [0.3, 0.4) is 0 Å². The lowest BCUT2D eigenvalue weighted by Gasteiger charge is -2.35. The topological polar surface area (TPSA) is 20.2 Å². The third-order valence-corrected chi connectivity index (χ3v) is 3.92. The van der Waals surface area contributed by atoms with Crippen molar-refractivity contribution < 1.29 is 5.11 Å². The Bertz CT molecular complexity index is 201. The highest BCUT2D eigenvalue weighted by molar-refractivity contribution is 5.09. The van der Waals surface area contributed by atoms with E-state index in [2.05, 4.69) is 13.0 Å². The molecule has 2 rings (SSSR count). The molecule has 0 spiro atoms. The van der Waals surface area contributed by atoms with Crippen LogP contribution < -0.4 is 0 Å². The van der Waals surface area contributed by atoms with Gasteiger partial charge in [-0.1, -0.05) is 12.2 Å². The van der Waals surface area contributed by atoms with Gasteiger partial charge >= 0.3 is 0 Å². The van der Waals surface area contributed by atoms with Crippen LogP contribution >= 0.6 is 0 Å². The van der Waals surface area contributed by atoms with Gasteiger partial charge < -0.3 is 5.11 Å². The van der Waals surface area contributed by atoms with Crippen LogP contribution in [-0.4, -0.2) is 11.2 Å². The molecule has 1 N–H and O–H groups in total. The zero-order valence-corrected chi connectivity index (χ0v) is 8.91. The van der Waals surface area contributed by atoms with Crippen LogP contribution in [0.2, 0.25) is 0 Å². The molecule has 0 bridgehead atoms. The number of aliphatic hydroxyl groups excluding tert-OH is 1. The van der Waals surface area contributed by atoms with E-state index >= 15 is 0 Å². The first kappa shape index (κ1) is 10.2. The molecule has 1 heteroatoms. The van der Waals surface area contributed by atoms with Crippen LogP contribution in [0.15, 0.2) is 12.2 Å². The number of hydrogen-bond acceptors (Lipinski definition) is 1. The highest BCUT2D eigenvalue weighted by Crippen LogP contribution is 2.40. The lowest BCUT2D eigenvalue weighted by molar-refractivity contribution is 0.0943. The standard InChI is InChI=1S/C13H21O/c1-10-4-2-3-5-13(10)11-6-8-12(14)9-7-11/h3,11-14H,1-2,4-9H2. The molecule has 0 saturated heterocycles. The average Bonchev–Trinajstić information content (AvgIpc) is 2.20. The van der Waals surface area contributed by atoms with Gasteiger partial charge in [-0.2, -0.15) is 0 Å². The van der Waals surface area contributed by atoms with E-state index in [9.17, 15) is 5.11 Å². The second-order valence-corrected chi connectivity index (χ2v) is 4.90. The third-order valence-electron chi connectivity index (χ3n) is 3.92. The van der Waals surface area contributed by atoms with Crippen molar-refractivity contribution in [1.29, 1.82) is 0 Å². The van der Waals surface area contributed by atoms with E-state index in [-0.39, 0.29) is 6.10 Å². The Morgan fingerprint density at radius 1 is 1.21 bits per heavy atom. The van der Waals surface area contributed by atoms with Gasteiger partial charge in [-0.3, -0.25) is 0 Å². The minimum Gasteiger partial charge on any atom is -0.393 e. The normalized spacial score (nSPS) is 39.8. The summed E-state index contributed by atoms with van der Waals surface area (Å²) in [6, 6.07) is 0. The first-order chi connectivity index (χ1) is 6.77. The Morgan fingerprint density at radius 3 is 2.57 bits per heavy atom. The quantitative estimate of drug-likeness (QED) is 0.634. The van der Waals surface area contributed by atoms with Gasteiger partial charge in [0.05, 0.1) is 6.10 Å². The maximum Gasteiger partial charge on any atom is 0.0540 e. The van der Waals surface area contributed by atoms with Crippen molar-refractivity contribution in [3.05, 3.63) is 18.6 Å². The minimum atomic E-state index is -0.0212. The van der Waals surface area contributed by atoms with Crippen molar-refractivity contribution in [2.24, 2.45) is 11.8 Å². The fourth-order valence-electron chi connectivity index (χ4n) is 2.97. The minimum absolute atomic E-state index is 0.0212. The molecule has 2 aliphatic rings. The molecule has 0 aromatic carbocycles. The van der Waals surface area contributed by atoms with E-state index in [1.54, 1.807) is 0 Å². The molecule has 0 heterocycles. The Morgan fingerprint density at radius 2 is 1.93 bits per heavy atom. The monoisotopic (exact) mass is 193 g/mol. The summed E-state index contributed by atoms with van der Waals surface area (Å²) in [5.41, 5.74) is 1.47. The predicted molar refractivity (Wildman–Crippen MR) is 58.7 cm³/mol. The molecule has 2 fully saturated rings. The average molecular weight is 193 g/mol. The third kappa shape index (κ3) is 2.20. The second kappa shape index (κ2) is 4.48. The Labute approximate surface area is 87.2 Å². The first-order valence-corrected chi connectivity index (χ1v) is 5.95. The largest absolute Gasteiger partial charge is 0.393 e. The van der Waals surface area contributed by atoms with Crippen molar-refractivity contribution in [2.75, 3.05) is 0 Å². The molecule has 1 nitrogen and oxygen atoms in total. The van der Waals surface area contributed by atoms with Gasteiger partial charge in [0.15, 0.2) is 0 Å². The van der Waals surface area contributed by atoms with E-state index in [0.717, 1.165) is 24.7 Å². The molecule has 0 aromatic rings. The van der Waals surface area contributed by atoms with Crippen LogP contribution in [-0.2, 0) is 0 Å². The molecule has 1 unspecified atom stereocenters. The Kier molecular flexibility index (Phi) is 3.27. The molecule has 2 aliphatic carbocycles. The van der Waals surface area contributed by atoms with Crippen LogP contribution in [0.5, 0.6) is 0 Å². The predicted octanol–water partition coefficient (Wildman–Crippen LogP) is 3.10. The van der Waals surface area contributed by atoms with Gasteiger partial charge in [0.2, 0.25) is 0 Å². The van der Waals surface area contributed by atoms with Crippen LogP contribution in [0.4, 0.5) is 0 Å². The van der Waals surface area contributed by atoms with Crippen LogP contribution in [0.25, 0.3) is 0 Å². The lowest BCUT2D eigenvalue weighted by Crippen LogP contribution is -2.26. The summed E-state index contributed by atoms with van der Waals surface area (Å²) < 4.78 is 0. The summed E-state index contributed by atoms with van der Waals surface area (Å²) in [6.07, 6.45) is 10.5. The zero-order chi connectivity index (χ0) is 9.97. The smallest absolute Gasteiger partial charge is 0.0540 e. The zero-order valence-electron chi connectivity index (χ0n) is 8.91. The number of allylic oxidation sites excluding steroid dienone is 1. The van der Waals surface area contributed by atoms with Crippen molar-refractivity contribution in [3.63, 3.8) is 0 Å². The SMILES string of the molecule is C=C1CC[CH]CC1C1CCC(O)CC1. The Hall–Kier alpha value is -0.300. The molecule has 1 radical (unpaired) electrons.